The number of ether oxygens (including phenoxy) is 2. The van der Waals surface area contributed by atoms with Gasteiger partial charge < -0.3 is 19.1 Å². The predicted molar refractivity (Wildman–Crippen MR) is 129 cm³/mol. The normalized spacial score (nSPS) is 11.4. The van der Waals surface area contributed by atoms with Crippen LogP contribution in [0.25, 0.3) is 10.9 Å². The van der Waals surface area contributed by atoms with Crippen molar-refractivity contribution in [1.29, 1.82) is 0 Å². The van der Waals surface area contributed by atoms with Crippen LogP contribution in [0, 0.1) is 6.92 Å². The number of fused-ring (bicyclic) bond motifs is 1. The van der Waals surface area contributed by atoms with Crippen molar-refractivity contribution in [2.45, 2.75) is 32.9 Å². The lowest BCUT2D eigenvalue weighted by Gasteiger charge is -2.21. The molecule has 0 unspecified atom stereocenters. The van der Waals surface area contributed by atoms with E-state index >= 15 is 0 Å². The maximum Gasteiger partial charge on any atom is 0.347 e. The lowest BCUT2D eigenvalue weighted by atomic mass is 10.0. The van der Waals surface area contributed by atoms with Gasteiger partial charge in [-0.25, -0.2) is 4.79 Å². The third-order valence-electron chi connectivity index (χ3n) is 5.85. The quantitative estimate of drug-likeness (QED) is 0.379. The standard InChI is InChI=1S/C27H26N2O5/c1-17-24(25(30)19-5-7-20(33-4)8-6-19)22-10-9-21(34-27(2,3)26(31)32)15-23(22)29(17)16-18-11-13-28-14-12-18/h5-15H,16H2,1-4H3,(H,31,32). The number of ketones is 1. The van der Waals surface area contributed by atoms with Gasteiger partial charge in [-0.15, -0.1) is 0 Å². The minimum atomic E-state index is -1.40. The first kappa shape index (κ1) is 23.0. The Morgan fingerprint density at radius 1 is 1.00 bits per heavy atom. The highest BCUT2D eigenvalue weighted by Crippen LogP contribution is 2.33. The smallest absolute Gasteiger partial charge is 0.347 e. The molecule has 0 saturated heterocycles. The van der Waals surface area contributed by atoms with Crippen LogP contribution >= 0.6 is 0 Å². The largest absolute Gasteiger partial charge is 0.497 e. The van der Waals surface area contributed by atoms with Gasteiger partial charge in [0.1, 0.15) is 11.5 Å². The molecule has 7 heteroatoms. The summed E-state index contributed by atoms with van der Waals surface area (Å²) in [5.74, 6) is -0.0717. The van der Waals surface area contributed by atoms with Gasteiger partial charge in [0.25, 0.3) is 0 Å². The average molecular weight is 459 g/mol. The molecule has 0 aliphatic rings. The second kappa shape index (κ2) is 9.02. The number of methoxy groups -OCH3 is 1. The van der Waals surface area contributed by atoms with Crippen LogP contribution in [-0.2, 0) is 11.3 Å². The number of carbonyl (C=O) groups excluding carboxylic acids is 1. The number of pyridine rings is 1. The summed E-state index contributed by atoms with van der Waals surface area (Å²) in [6.07, 6.45) is 3.45. The van der Waals surface area contributed by atoms with Crippen LogP contribution in [0.15, 0.2) is 67.0 Å². The Labute approximate surface area is 197 Å². The number of rotatable bonds is 8. The SMILES string of the molecule is COc1ccc(C(=O)c2c(C)n(Cc3ccncc3)c3cc(OC(C)(C)C(=O)O)ccc23)cc1. The van der Waals surface area contributed by atoms with Crippen LogP contribution in [-0.4, -0.2) is 39.1 Å². The number of carboxylic acids is 1. The van der Waals surface area contributed by atoms with Crippen LogP contribution in [0.4, 0.5) is 0 Å². The molecule has 2 aromatic heterocycles. The molecule has 0 bridgehead atoms. The van der Waals surface area contributed by atoms with Gasteiger partial charge in [-0.3, -0.25) is 9.78 Å². The molecule has 34 heavy (non-hydrogen) atoms. The maximum absolute atomic E-state index is 13.6. The van der Waals surface area contributed by atoms with Crippen molar-refractivity contribution in [3.8, 4) is 11.5 Å². The number of carboxylic acid groups (broad SMARTS) is 1. The fourth-order valence-corrected chi connectivity index (χ4v) is 3.91. The monoisotopic (exact) mass is 458 g/mol. The van der Waals surface area contributed by atoms with Crippen LogP contribution < -0.4 is 9.47 Å². The van der Waals surface area contributed by atoms with E-state index in [0.29, 0.717) is 29.2 Å². The maximum atomic E-state index is 13.6. The third-order valence-corrected chi connectivity index (χ3v) is 5.85. The summed E-state index contributed by atoms with van der Waals surface area (Å²) in [5, 5.41) is 10.2. The van der Waals surface area contributed by atoms with Crippen LogP contribution in [0.3, 0.4) is 0 Å². The second-order valence-electron chi connectivity index (χ2n) is 8.56. The van der Waals surface area contributed by atoms with E-state index in [4.69, 9.17) is 9.47 Å². The fraction of sp³-hybridized carbons (Fsp3) is 0.222. The number of aliphatic carboxylic acids is 1. The molecule has 0 saturated carbocycles. The van der Waals surface area contributed by atoms with Gasteiger partial charge in [0.2, 0.25) is 0 Å². The Hall–Kier alpha value is -4.13. The molecule has 0 aliphatic heterocycles. The van der Waals surface area contributed by atoms with E-state index < -0.39 is 11.6 Å². The molecule has 174 valence electrons. The zero-order valence-corrected chi connectivity index (χ0v) is 19.5. The molecule has 2 heterocycles. The fourth-order valence-electron chi connectivity index (χ4n) is 3.91. The molecule has 0 radical (unpaired) electrons. The van der Waals surface area contributed by atoms with Gasteiger partial charge >= 0.3 is 5.97 Å². The molecule has 4 rings (SSSR count). The van der Waals surface area contributed by atoms with E-state index in [1.165, 1.54) is 13.8 Å². The molecule has 0 amide bonds. The van der Waals surface area contributed by atoms with Crippen molar-refractivity contribution >= 4 is 22.7 Å². The van der Waals surface area contributed by atoms with Crippen molar-refractivity contribution in [2.24, 2.45) is 0 Å². The lowest BCUT2D eigenvalue weighted by molar-refractivity contribution is -0.152. The molecular weight excluding hydrogens is 432 g/mol. The van der Waals surface area contributed by atoms with Gasteiger partial charge in [-0.1, -0.05) is 0 Å². The Balaban J connectivity index is 1.85. The summed E-state index contributed by atoms with van der Waals surface area (Å²) in [7, 11) is 1.58. The van der Waals surface area contributed by atoms with E-state index in [-0.39, 0.29) is 5.78 Å². The molecule has 1 N–H and O–H groups in total. The summed E-state index contributed by atoms with van der Waals surface area (Å²) in [6, 6.07) is 16.2. The highest BCUT2D eigenvalue weighted by molar-refractivity contribution is 6.17. The summed E-state index contributed by atoms with van der Waals surface area (Å²) in [6.45, 7) is 5.44. The van der Waals surface area contributed by atoms with Crippen LogP contribution in [0.2, 0.25) is 0 Å². The number of aromatic nitrogens is 2. The summed E-state index contributed by atoms with van der Waals surface area (Å²) < 4.78 is 13.0. The molecule has 7 nitrogen and oxygen atoms in total. The minimum Gasteiger partial charge on any atom is -0.497 e. The van der Waals surface area contributed by atoms with Gasteiger partial charge in [0, 0.05) is 41.6 Å². The predicted octanol–water partition coefficient (Wildman–Crippen LogP) is 4.87. The number of hydrogen-bond acceptors (Lipinski definition) is 5. The molecule has 2 aromatic carbocycles. The summed E-state index contributed by atoms with van der Waals surface area (Å²) in [5.41, 5.74) is 2.37. The van der Waals surface area contributed by atoms with Gasteiger partial charge in [0.15, 0.2) is 11.4 Å². The zero-order valence-electron chi connectivity index (χ0n) is 19.5. The lowest BCUT2D eigenvalue weighted by Crippen LogP contribution is -2.37. The van der Waals surface area contributed by atoms with E-state index in [1.54, 1.807) is 55.9 Å². The zero-order chi connectivity index (χ0) is 24.5. The molecule has 4 aromatic rings. The van der Waals surface area contributed by atoms with Crippen molar-refractivity contribution in [2.75, 3.05) is 7.11 Å². The first-order chi connectivity index (χ1) is 16.2. The number of carbonyl (C=O) groups is 2. The van der Waals surface area contributed by atoms with Gasteiger partial charge in [0.05, 0.1) is 18.2 Å². The van der Waals surface area contributed by atoms with Crippen LogP contribution in [0.1, 0.15) is 41.0 Å². The van der Waals surface area contributed by atoms with E-state index in [9.17, 15) is 14.7 Å². The molecular formula is C27H26N2O5. The highest BCUT2D eigenvalue weighted by Gasteiger charge is 2.30. The Morgan fingerprint density at radius 2 is 1.65 bits per heavy atom. The Morgan fingerprint density at radius 3 is 2.26 bits per heavy atom. The first-order valence-corrected chi connectivity index (χ1v) is 10.8. The molecule has 0 aliphatic carbocycles. The van der Waals surface area contributed by atoms with Gasteiger partial charge in [-0.05, 0) is 74.9 Å². The van der Waals surface area contributed by atoms with Gasteiger partial charge in [-0.2, -0.15) is 0 Å². The Kier molecular flexibility index (Phi) is 6.11. The van der Waals surface area contributed by atoms with Crippen molar-refractivity contribution < 1.29 is 24.2 Å². The topological polar surface area (TPSA) is 90.7 Å². The summed E-state index contributed by atoms with van der Waals surface area (Å²) >= 11 is 0. The second-order valence-corrected chi connectivity index (χ2v) is 8.56. The van der Waals surface area contributed by atoms with Crippen molar-refractivity contribution in [3.05, 3.63) is 89.4 Å². The molecule has 0 spiro atoms. The Bertz CT molecular complexity index is 1360. The summed E-state index contributed by atoms with van der Waals surface area (Å²) in [4.78, 5) is 29.2. The van der Waals surface area contributed by atoms with E-state index in [1.807, 2.05) is 29.7 Å². The highest BCUT2D eigenvalue weighted by atomic mass is 16.5. The van der Waals surface area contributed by atoms with E-state index in [2.05, 4.69) is 4.98 Å². The molecule has 0 atom stereocenters. The van der Waals surface area contributed by atoms with E-state index in [0.717, 1.165) is 22.2 Å². The minimum absolute atomic E-state index is 0.0989. The number of hydrogen-bond donors (Lipinski definition) is 1. The van der Waals surface area contributed by atoms with Crippen molar-refractivity contribution in [3.63, 3.8) is 0 Å². The van der Waals surface area contributed by atoms with Crippen LogP contribution in [0.5, 0.6) is 11.5 Å². The third kappa shape index (κ3) is 4.37. The first-order valence-electron chi connectivity index (χ1n) is 10.8. The number of benzene rings is 2. The number of nitrogens with zero attached hydrogens (tertiary/aromatic N) is 2. The molecule has 0 fully saturated rings. The average Bonchev–Trinajstić information content (AvgIpc) is 3.09. The van der Waals surface area contributed by atoms with Crippen molar-refractivity contribution in [1.82, 2.24) is 9.55 Å².